The van der Waals surface area contributed by atoms with Gasteiger partial charge in [0.25, 0.3) is 5.91 Å². The van der Waals surface area contributed by atoms with Crippen molar-refractivity contribution in [3.8, 4) is 0 Å². The lowest BCUT2D eigenvalue weighted by atomic mass is 10.1. The molecule has 1 heterocycles. The fourth-order valence-electron chi connectivity index (χ4n) is 1.36. The van der Waals surface area contributed by atoms with Gasteiger partial charge >= 0.3 is 0 Å². The van der Waals surface area contributed by atoms with Crippen LogP contribution in [0, 0.1) is 0 Å². The van der Waals surface area contributed by atoms with Crippen LogP contribution >= 0.6 is 0 Å². The summed E-state index contributed by atoms with van der Waals surface area (Å²) in [5.41, 5.74) is 5.75. The number of hydrogen-bond acceptors (Lipinski definition) is 1. The van der Waals surface area contributed by atoms with Crippen molar-refractivity contribution in [3.63, 3.8) is 0 Å². The summed E-state index contributed by atoms with van der Waals surface area (Å²) in [6, 6.07) is 7.61. The first-order valence-corrected chi connectivity index (χ1v) is 3.97. The molecule has 2 aromatic rings. The summed E-state index contributed by atoms with van der Waals surface area (Å²) in [6.45, 7) is 0. The van der Waals surface area contributed by atoms with Crippen LogP contribution in [0.3, 0.4) is 0 Å². The van der Waals surface area contributed by atoms with Crippen LogP contribution in [0.1, 0.15) is 10.4 Å². The Hall–Kier alpha value is -1.90. The van der Waals surface area contributed by atoms with Gasteiger partial charge in [0.2, 0.25) is 0 Å². The Morgan fingerprint density at radius 3 is 2.77 bits per heavy atom. The van der Waals surface area contributed by atoms with E-state index in [1.54, 1.807) is 6.20 Å². The molecular weight excluding hydrogens is 164 g/mol. The second-order valence-corrected chi connectivity index (χ2v) is 2.82. The third-order valence-electron chi connectivity index (χ3n) is 1.98. The smallest absolute Gasteiger partial charge is 0.255 e. The summed E-state index contributed by atoms with van der Waals surface area (Å²) in [7, 11) is 0. The van der Waals surface area contributed by atoms with E-state index in [4.69, 9.17) is 5.73 Å². The van der Waals surface area contributed by atoms with E-state index >= 15 is 0 Å². The maximum absolute atomic E-state index is 11.0. The van der Waals surface area contributed by atoms with Crippen molar-refractivity contribution in [2.24, 2.45) is 5.73 Å². The van der Waals surface area contributed by atoms with Crippen molar-refractivity contribution < 1.29 is 9.78 Å². The van der Waals surface area contributed by atoms with Crippen LogP contribution in [0.2, 0.25) is 0 Å². The number of primary amides is 1. The number of hydrogen-bond donors (Lipinski definition) is 1. The average Bonchev–Trinajstić information content (AvgIpc) is 2.17. The summed E-state index contributed by atoms with van der Waals surface area (Å²) in [4.78, 5) is 13.9. The van der Waals surface area contributed by atoms with Crippen LogP contribution in [-0.4, -0.2) is 5.91 Å². The molecule has 0 atom stereocenters. The fraction of sp³-hybridized carbons (Fsp3) is 0. The van der Waals surface area contributed by atoms with E-state index in [0.29, 0.717) is 5.56 Å². The lowest BCUT2D eigenvalue weighted by Gasteiger charge is -1.96. The number of fused-ring (bicyclic) bond motifs is 1. The Bertz CT molecular complexity index is 460. The molecule has 2 rings (SSSR count). The Morgan fingerprint density at radius 1 is 1.23 bits per heavy atom. The number of aromatic nitrogens is 1. The second kappa shape index (κ2) is 2.86. The molecule has 0 saturated heterocycles. The van der Waals surface area contributed by atoms with Crippen LogP contribution in [-0.2, 0) is 0 Å². The molecule has 0 unspecified atom stereocenters. The number of amides is 1. The predicted octanol–water partition coefficient (Wildman–Crippen LogP) is 0.753. The molecule has 0 fully saturated rings. The highest BCUT2D eigenvalue weighted by atomic mass is 16.1. The fourth-order valence-corrected chi connectivity index (χ4v) is 1.36. The molecule has 0 spiro atoms. The number of carbonyl (C=O) groups excluding carboxylic acids is 1. The van der Waals surface area contributed by atoms with Gasteiger partial charge in [-0.1, -0.05) is 18.2 Å². The summed E-state index contributed by atoms with van der Waals surface area (Å²) >= 11 is 0. The van der Waals surface area contributed by atoms with Gasteiger partial charge in [-0.25, -0.2) is 4.98 Å². The number of rotatable bonds is 1. The normalized spacial score (nSPS) is 10.2. The van der Waals surface area contributed by atoms with E-state index in [-0.39, 0.29) is 0 Å². The maximum Gasteiger partial charge on any atom is 0.255 e. The first kappa shape index (κ1) is 7.73. The standard InChI is InChI=1S/C10H8N2O/c11-10(13)9-6-12-5-7-3-1-2-4-8(7)9/h1-6H,(H2,11,13)/p+1. The second-order valence-electron chi connectivity index (χ2n) is 2.82. The Morgan fingerprint density at radius 2 is 2.00 bits per heavy atom. The summed E-state index contributed by atoms with van der Waals surface area (Å²) in [5, 5.41) is 1.87. The van der Waals surface area contributed by atoms with Crippen molar-refractivity contribution in [1.29, 1.82) is 0 Å². The van der Waals surface area contributed by atoms with Gasteiger partial charge < -0.3 is 5.73 Å². The van der Waals surface area contributed by atoms with Gasteiger partial charge in [-0.15, -0.1) is 0 Å². The minimum Gasteiger partial charge on any atom is -0.365 e. The summed E-state index contributed by atoms with van der Waals surface area (Å²) in [6.07, 6.45) is 3.45. The van der Waals surface area contributed by atoms with Crippen molar-refractivity contribution in [3.05, 3.63) is 42.2 Å². The summed E-state index contributed by atoms with van der Waals surface area (Å²) < 4.78 is 0. The van der Waals surface area contributed by atoms with Gasteiger partial charge in [0, 0.05) is 10.8 Å². The highest BCUT2D eigenvalue weighted by molar-refractivity contribution is 6.05. The first-order valence-electron chi connectivity index (χ1n) is 3.97. The molecule has 1 aromatic carbocycles. The lowest BCUT2D eigenvalue weighted by molar-refractivity contribution is -0.376. The molecule has 13 heavy (non-hydrogen) atoms. The zero-order valence-corrected chi connectivity index (χ0v) is 6.95. The zero-order valence-electron chi connectivity index (χ0n) is 6.95. The number of nitrogens with one attached hydrogen (secondary N) is 1. The molecule has 0 bridgehead atoms. The van der Waals surface area contributed by atoms with Crippen molar-refractivity contribution in [2.45, 2.75) is 0 Å². The van der Waals surface area contributed by atoms with Crippen LogP contribution in [0.5, 0.6) is 0 Å². The Balaban J connectivity index is 2.83. The van der Waals surface area contributed by atoms with E-state index in [0.717, 1.165) is 10.8 Å². The number of aromatic amines is 1. The van der Waals surface area contributed by atoms with E-state index < -0.39 is 5.91 Å². The number of pyridine rings is 1. The largest absolute Gasteiger partial charge is 0.365 e. The van der Waals surface area contributed by atoms with Crippen LogP contribution in [0.15, 0.2) is 36.7 Å². The lowest BCUT2D eigenvalue weighted by Crippen LogP contribution is -2.15. The highest BCUT2D eigenvalue weighted by Gasteiger charge is 2.08. The highest BCUT2D eigenvalue weighted by Crippen LogP contribution is 2.14. The molecular formula is C10H9N2O+. The molecule has 3 N–H and O–H groups in total. The van der Waals surface area contributed by atoms with Gasteiger partial charge in [-0.3, -0.25) is 4.79 Å². The molecule has 3 heteroatoms. The molecule has 0 aliphatic carbocycles. The van der Waals surface area contributed by atoms with Gasteiger partial charge in [0.15, 0.2) is 12.4 Å². The monoisotopic (exact) mass is 173 g/mol. The van der Waals surface area contributed by atoms with Gasteiger partial charge in [0.05, 0.1) is 0 Å². The van der Waals surface area contributed by atoms with Gasteiger partial charge in [-0.05, 0) is 6.07 Å². The Kier molecular flexibility index (Phi) is 1.70. The molecule has 0 radical (unpaired) electrons. The number of carbonyl (C=O) groups is 1. The SMILES string of the molecule is NC(=O)c1c[nH+]cc2ccccc12. The maximum atomic E-state index is 11.0. The zero-order chi connectivity index (χ0) is 9.26. The average molecular weight is 173 g/mol. The van der Waals surface area contributed by atoms with Crippen LogP contribution in [0.25, 0.3) is 10.8 Å². The minimum absolute atomic E-state index is 0.409. The van der Waals surface area contributed by atoms with E-state index in [9.17, 15) is 4.79 Å². The topological polar surface area (TPSA) is 57.2 Å². The quantitative estimate of drug-likeness (QED) is 0.679. The van der Waals surface area contributed by atoms with E-state index in [1.165, 1.54) is 0 Å². The first-order chi connectivity index (χ1) is 6.29. The molecule has 0 aliphatic heterocycles. The van der Waals surface area contributed by atoms with Crippen LogP contribution in [0.4, 0.5) is 0 Å². The molecule has 0 saturated carbocycles. The van der Waals surface area contributed by atoms with Crippen LogP contribution < -0.4 is 10.7 Å². The third-order valence-corrected chi connectivity index (χ3v) is 1.98. The van der Waals surface area contributed by atoms with E-state index in [2.05, 4.69) is 4.98 Å². The molecule has 0 aliphatic rings. The van der Waals surface area contributed by atoms with Crippen molar-refractivity contribution >= 4 is 16.7 Å². The molecule has 64 valence electrons. The number of nitrogens with two attached hydrogens (primary N) is 1. The molecule has 3 nitrogen and oxygen atoms in total. The Labute approximate surface area is 75.2 Å². The van der Waals surface area contributed by atoms with Crippen molar-refractivity contribution in [2.75, 3.05) is 0 Å². The molecule has 1 aromatic heterocycles. The van der Waals surface area contributed by atoms with Crippen molar-refractivity contribution in [1.82, 2.24) is 0 Å². The predicted molar refractivity (Wildman–Crippen MR) is 49.0 cm³/mol. The molecule has 1 amide bonds. The van der Waals surface area contributed by atoms with Gasteiger partial charge in [-0.2, -0.15) is 0 Å². The van der Waals surface area contributed by atoms with Gasteiger partial charge in [0.1, 0.15) is 5.56 Å². The minimum atomic E-state index is -0.409. The number of benzene rings is 1. The van der Waals surface area contributed by atoms with E-state index in [1.807, 2.05) is 30.5 Å². The third kappa shape index (κ3) is 1.24. The summed E-state index contributed by atoms with van der Waals surface area (Å²) in [5.74, 6) is -0.409. The number of H-pyrrole nitrogens is 1.